The van der Waals surface area contributed by atoms with Crippen molar-refractivity contribution < 1.29 is 9.53 Å². The van der Waals surface area contributed by atoms with Gasteiger partial charge < -0.3 is 4.74 Å². The topological polar surface area (TPSA) is 26.3 Å². The lowest BCUT2D eigenvalue weighted by Gasteiger charge is -2.13. The van der Waals surface area contributed by atoms with Crippen LogP contribution in [0.25, 0.3) is 5.57 Å². The summed E-state index contributed by atoms with van der Waals surface area (Å²) in [5.74, 6) is 0.585. The zero-order chi connectivity index (χ0) is 12.9. The zero-order valence-corrected chi connectivity index (χ0v) is 11.5. The van der Waals surface area contributed by atoms with E-state index in [2.05, 4.69) is 0 Å². The largest absolute Gasteiger partial charge is 0.495 e. The Morgan fingerprint density at radius 3 is 2.44 bits per heavy atom. The molecule has 2 nitrogen and oxygen atoms in total. The first-order valence-corrected chi connectivity index (χ1v) is 6.73. The number of carbonyl (C=O) groups is 1. The van der Waals surface area contributed by atoms with Crippen LogP contribution in [0, 0.1) is 0 Å². The fourth-order valence-corrected chi connectivity index (χ4v) is 3.32. The molecule has 4 heteroatoms. The average Bonchev–Trinajstić information content (AvgIpc) is 2.68. The summed E-state index contributed by atoms with van der Waals surface area (Å²) in [6, 6.07) is 1.84. The molecule has 0 atom stereocenters. The van der Waals surface area contributed by atoms with Crippen molar-refractivity contribution in [3.63, 3.8) is 0 Å². The minimum Gasteiger partial charge on any atom is -0.495 e. The number of fused-ring (bicyclic) bond motifs is 2. The molecule has 2 aliphatic rings. The third-order valence-electron chi connectivity index (χ3n) is 3.69. The van der Waals surface area contributed by atoms with Crippen LogP contribution in [-0.2, 0) is 0 Å². The van der Waals surface area contributed by atoms with Gasteiger partial charge in [-0.25, -0.2) is 0 Å². The number of Topliss-reactive ketones (excluding diaryl/α,β-unsaturated/α-hetero) is 1. The molecule has 3 rings (SSSR count). The van der Waals surface area contributed by atoms with E-state index in [4.69, 9.17) is 27.9 Å². The van der Waals surface area contributed by atoms with Gasteiger partial charge in [0.15, 0.2) is 5.78 Å². The van der Waals surface area contributed by atoms with Gasteiger partial charge in [0, 0.05) is 5.57 Å². The Labute approximate surface area is 116 Å². The summed E-state index contributed by atoms with van der Waals surface area (Å²) in [5, 5.41) is 0.650. The van der Waals surface area contributed by atoms with Crippen molar-refractivity contribution in [3.8, 4) is 5.75 Å². The molecule has 0 heterocycles. The minimum atomic E-state index is 0.0502. The van der Waals surface area contributed by atoms with Crippen LogP contribution in [0.3, 0.4) is 0 Å². The summed E-state index contributed by atoms with van der Waals surface area (Å²) in [6.07, 6.45) is 3.98. The van der Waals surface area contributed by atoms with Crippen molar-refractivity contribution in [2.45, 2.75) is 25.7 Å². The first-order valence-electron chi connectivity index (χ1n) is 5.98. The van der Waals surface area contributed by atoms with Gasteiger partial charge in [-0.3, -0.25) is 4.79 Å². The fraction of sp³-hybridized carbons (Fsp3) is 0.357. The van der Waals surface area contributed by atoms with E-state index in [0.29, 0.717) is 21.4 Å². The zero-order valence-electron chi connectivity index (χ0n) is 9.98. The summed E-state index contributed by atoms with van der Waals surface area (Å²) in [6.45, 7) is 0. The van der Waals surface area contributed by atoms with E-state index in [1.54, 1.807) is 7.11 Å². The molecule has 94 valence electrons. The number of carbonyl (C=O) groups excluding carboxylic acids is 1. The van der Waals surface area contributed by atoms with Crippen LogP contribution in [0.2, 0.25) is 10.0 Å². The van der Waals surface area contributed by atoms with Crippen LogP contribution < -0.4 is 4.74 Å². The Balaban J connectivity index is 2.27. The van der Waals surface area contributed by atoms with Crippen molar-refractivity contribution in [2.75, 3.05) is 7.11 Å². The highest BCUT2D eigenvalue weighted by Gasteiger charge is 2.34. The summed E-state index contributed by atoms with van der Waals surface area (Å²) in [7, 11) is 1.55. The molecule has 0 spiro atoms. The molecule has 0 radical (unpaired) electrons. The van der Waals surface area contributed by atoms with Gasteiger partial charge in [-0.2, -0.15) is 0 Å². The van der Waals surface area contributed by atoms with E-state index < -0.39 is 0 Å². The quantitative estimate of drug-likeness (QED) is 0.757. The molecule has 0 fully saturated rings. The Morgan fingerprint density at radius 2 is 1.78 bits per heavy atom. The number of ether oxygens (including phenoxy) is 1. The van der Waals surface area contributed by atoms with Crippen LogP contribution in [0.15, 0.2) is 11.6 Å². The third-order valence-corrected chi connectivity index (χ3v) is 4.54. The van der Waals surface area contributed by atoms with Crippen LogP contribution in [0.4, 0.5) is 0 Å². The second kappa shape index (κ2) is 4.29. The number of benzene rings is 1. The number of halogens is 2. The molecule has 1 aromatic rings. The van der Waals surface area contributed by atoms with Crippen LogP contribution in [0.5, 0.6) is 5.75 Å². The van der Waals surface area contributed by atoms with Crippen molar-refractivity contribution in [2.24, 2.45) is 0 Å². The van der Waals surface area contributed by atoms with E-state index in [1.807, 2.05) is 6.07 Å². The molecular formula is C14H12Cl2O2. The van der Waals surface area contributed by atoms with Crippen molar-refractivity contribution in [1.82, 2.24) is 0 Å². The molecule has 2 aliphatic carbocycles. The number of rotatable bonds is 1. The Morgan fingerprint density at radius 1 is 1.11 bits per heavy atom. The van der Waals surface area contributed by atoms with Crippen molar-refractivity contribution in [3.05, 3.63) is 32.8 Å². The van der Waals surface area contributed by atoms with Gasteiger partial charge in [0.1, 0.15) is 10.8 Å². The van der Waals surface area contributed by atoms with Gasteiger partial charge in [-0.15, -0.1) is 0 Å². The smallest absolute Gasteiger partial charge is 0.191 e. The van der Waals surface area contributed by atoms with Gasteiger partial charge in [0.05, 0.1) is 17.7 Å². The van der Waals surface area contributed by atoms with E-state index in [9.17, 15) is 4.79 Å². The predicted octanol–water partition coefficient (Wildman–Crippen LogP) is 4.53. The lowest BCUT2D eigenvalue weighted by molar-refractivity contribution is 0.103. The van der Waals surface area contributed by atoms with Gasteiger partial charge in [-0.05, 0) is 42.9 Å². The van der Waals surface area contributed by atoms with Gasteiger partial charge >= 0.3 is 0 Å². The van der Waals surface area contributed by atoms with Crippen LogP contribution >= 0.6 is 23.2 Å². The molecule has 0 unspecified atom stereocenters. The summed E-state index contributed by atoms with van der Waals surface area (Å²) in [4.78, 5) is 12.4. The summed E-state index contributed by atoms with van der Waals surface area (Å²) >= 11 is 12.3. The Hall–Kier alpha value is -0.990. The average molecular weight is 283 g/mol. The monoisotopic (exact) mass is 282 g/mol. The first kappa shape index (κ1) is 12.1. The van der Waals surface area contributed by atoms with E-state index >= 15 is 0 Å². The number of ketones is 1. The number of methoxy groups -OCH3 is 1. The maximum Gasteiger partial charge on any atom is 0.191 e. The lowest BCUT2D eigenvalue weighted by atomic mass is 9.92. The molecule has 18 heavy (non-hydrogen) atoms. The SMILES string of the molecule is COc1cc2c(c(Cl)c1Cl)C(=O)C1=C2CCCC1. The normalized spacial score (nSPS) is 17.8. The van der Waals surface area contributed by atoms with Crippen LogP contribution in [-0.4, -0.2) is 12.9 Å². The molecular weight excluding hydrogens is 271 g/mol. The molecule has 1 aromatic carbocycles. The number of allylic oxidation sites excluding steroid dienone is 2. The Kier molecular flexibility index (Phi) is 2.87. The van der Waals surface area contributed by atoms with E-state index in [-0.39, 0.29) is 5.78 Å². The van der Waals surface area contributed by atoms with Gasteiger partial charge in [0.25, 0.3) is 0 Å². The van der Waals surface area contributed by atoms with Crippen LogP contribution in [0.1, 0.15) is 41.6 Å². The number of hydrogen-bond acceptors (Lipinski definition) is 2. The van der Waals surface area contributed by atoms with Gasteiger partial charge in [-0.1, -0.05) is 23.2 Å². The number of hydrogen-bond donors (Lipinski definition) is 0. The lowest BCUT2D eigenvalue weighted by Crippen LogP contribution is -2.02. The summed E-state index contributed by atoms with van der Waals surface area (Å²) in [5.41, 5.74) is 3.54. The first-order chi connectivity index (χ1) is 8.65. The highest BCUT2D eigenvalue weighted by Crippen LogP contribution is 2.48. The highest BCUT2D eigenvalue weighted by molar-refractivity contribution is 6.46. The predicted molar refractivity (Wildman–Crippen MR) is 72.7 cm³/mol. The minimum absolute atomic E-state index is 0.0502. The maximum absolute atomic E-state index is 12.4. The van der Waals surface area contributed by atoms with Crippen molar-refractivity contribution >= 4 is 34.6 Å². The molecule has 0 aromatic heterocycles. The van der Waals surface area contributed by atoms with E-state index in [0.717, 1.165) is 42.4 Å². The molecule has 0 amide bonds. The fourth-order valence-electron chi connectivity index (χ4n) is 2.82. The Bertz CT molecular complexity index is 588. The second-order valence-corrected chi connectivity index (χ2v) is 5.38. The van der Waals surface area contributed by atoms with E-state index in [1.165, 1.54) is 0 Å². The molecule has 0 saturated carbocycles. The molecule has 0 bridgehead atoms. The maximum atomic E-state index is 12.4. The highest BCUT2D eigenvalue weighted by atomic mass is 35.5. The van der Waals surface area contributed by atoms with Crippen molar-refractivity contribution in [1.29, 1.82) is 0 Å². The molecule has 0 saturated heterocycles. The second-order valence-electron chi connectivity index (χ2n) is 4.62. The van der Waals surface area contributed by atoms with Gasteiger partial charge in [0.2, 0.25) is 0 Å². The third kappa shape index (κ3) is 1.52. The molecule has 0 aliphatic heterocycles. The molecule has 0 N–H and O–H groups in total. The summed E-state index contributed by atoms with van der Waals surface area (Å²) < 4.78 is 5.22. The standard InChI is InChI=1S/C14H12Cl2O2/c1-18-10-6-9-7-4-2-3-5-8(7)14(17)11(9)13(16)12(10)15/h6H,2-5H2,1H3.